The van der Waals surface area contributed by atoms with Crippen molar-refractivity contribution in [1.82, 2.24) is 9.97 Å². The number of fused-ring (bicyclic) bond motifs is 1. The van der Waals surface area contributed by atoms with Gasteiger partial charge in [-0.05, 0) is 6.92 Å². The molecule has 0 spiro atoms. The molecule has 1 unspecified atom stereocenters. The Balaban J connectivity index is 1.91. The number of rotatable bonds is 4. The molecule has 0 aliphatic carbocycles. The third kappa shape index (κ3) is 3.18. The topological polar surface area (TPSA) is 47.0 Å². The Labute approximate surface area is 153 Å². The van der Waals surface area contributed by atoms with Crippen LogP contribution in [0, 0.1) is 0 Å². The second-order valence-corrected chi connectivity index (χ2v) is 6.41. The fourth-order valence-electron chi connectivity index (χ4n) is 3.21. The highest BCUT2D eigenvalue weighted by molar-refractivity contribution is 5.79. The van der Waals surface area contributed by atoms with E-state index in [1.165, 1.54) is 0 Å². The molecule has 0 radical (unpaired) electrons. The summed E-state index contributed by atoms with van der Waals surface area (Å²) in [5, 5.41) is 3.37. The molecule has 3 aromatic rings. The Morgan fingerprint density at radius 3 is 2.12 bits per heavy atom. The predicted molar refractivity (Wildman–Crippen MR) is 105 cm³/mol. The first-order valence-electron chi connectivity index (χ1n) is 8.81. The second-order valence-electron chi connectivity index (χ2n) is 6.41. The molecule has 0 saturated carbocycles. The van der Waals surface area contributed by atoms with Gasteiger partial charge in [-0.3, -0.25) is 0 Å². The van der Waals surface area contributed by atoms with Crippen LogP contribution in [0.4, 0.5) is 5.82 Å². The number of nitrogens with zero attached hydrogens (tertiary/aromatic N) is 2. The average Bonchev–Trinajstić information content (AvgIpc) is 2.68. The lowest BCUT2D eigenvalue weighted by Gasteiger charge is -2.27. The third-order valence-corrected chi connectivity index (χ3v) is 4.36. The molecule has 2 heterocycles. The molecule has 0 fully saturated rings. The highest BCUT2D eigenvalue weighted by atomic mass is 16.5. The van der Waals surface area contributed by atoms with Crippen LogP contribution in [0.15, 0.2) is 73.0 Å². The summed E-state index contributed by atoms with van der Waals surface area (Å²) in [6, 6.07) is 20.3. The van der Waals surface area contributed by atoms with E-state index in [0.29, 0.717) is 5.76 Å². The Hall–Kier alpha value is -3.14. The van der Waals surface area contributed by atoms with Crippen LogP contribution in [-0.2, 0) is 4.74 Å². The number of nitrogens with one attached hydrogen (secondary N) is 1. The molecule has 1 aliphatic rings. The molecular formula is C22H21N3O. The SMILES string of the molecule is C=C(C)OC1CCNc2nc(-c3ccccc3)c(-c3ccccc3)nc21. The van der Waals surface area contributed by atoms with Crippen LogP contribution in [-0.4, -0.2) is 16.5 Å². The number of ether oxygens (including phenoxy) is 1. The Kier molecular flexibility index (Phi) is 4.40. The van der Waals surface area contributed by atoms with Crippen molar-refractivity contribution in [3.8, 4) is 22.5 Å². The van der Waals surface area contributed by atoms with Gasteiger partial charge in [-0.1, -0.05) is 67.2 Å². The van der Waals surface area contributed by atoms with Gasteiger partial charge in [-0.25, -0.2) is 9.97 Å². The molecule has 1 aliphatic heterocycles. The highest BCUT2D eigenvalue weighted by Gasteiger charge is 2.27. The standard InChI is InChI=1S/C22H21N3O/c1-15(2)26-18-13-14-23-22-21(18)24-19(16-9-5-3-6-10-16)20(25-22)17-11-7-4-8-12-17/h3-12,18H,1,13-14H2,2H3,(H,23,25). The van der Waals surface area contributed by atoms with E-state index in [9.17, 15) is 0 Å². The zero-order chi connectivity index (χ0) is 17.9. The van der Waals surface area contributed by atoms with Gasteiger partial charge in [0.05, 0.1) is 17.1 Å². The van der Waals surface area contributed by atoms with E-state index in [1.54, 1.807) is 0 Å². The van der Waals surface area contributed by atoms with E-state index in [4.69, 9.17) is 14.7 Å². The van der Waals surface area contributed by atoms with E-state index >= 15 is 0 Å². The number of hydrogen-bond acceptors (Lipinski definition) is 4. The molecule has 1 N–H and O–H groups in total. The maximum atomic E-state index is 5.92. The van der Waals surface area contributed by atoms with Gasteiger partial charge < -0.3 is 10.1 Å². The average molecular weight is 343 g/mol. The van der Waals surface area contributed by atoms with Gasteiger partial charge in [0.15, 0.2) is 5.82 Å². The van der Waals surface area contributed by atoms with Gasteiger partial charge in [0.25, 0.3) is 0 Å². The molecule has 2 aromatic carbocycles. The second kappa shape index (κ2) is 7.00. The van der Waals surface area contributed by atoms with E-state index in [-0.39, 0.29) is 6.10 Å². The van der Waals surface area contributed by atoms with E-state index in [1.807, 2.05) is 43.3 Å². The summed E-state index contributed by atoms with van der Waals surface area (Å²) in [7, 11) is 0. The first-order chi connectivity index (χ1) is 12.7. The van der Waals surface area contributed by atoms with Crippen LogP contribution in [0.3, 0.4) is 0 Å². The summed E-state index contributed by atoms with van der Waals surface area (Å²) in [5.74, 6) is 1.49. The molecule has 4 nitrogen and oxygen atoms in total. The first kappa shape index (κ1) is 16.3. The van der Waals surface area contributed by atoms with Gasteiger partial charge in [0, 0.05) is 24.1 Å². The van der Waals surface area contributed by atoms with Crippen molar-refractivity contribution in [3.05, 3.63) is 78.7 Å². The fourth-order valence-corrected chi connectivity index (χ4v) is 3.21. The number of allylic oxidation sites excluding steroid dienone is 1. The normalized spacial score (nSPS) is 15.7. The van der Waals surface area contributed by atoms with Crippen molar-refractivity contribution in [2.24, 2.45) is 0 Å². The lowest BCUT2D eigenvalue weighted by molar-refractivity contribution is 0.108. The van der Waals surface area contributed by atoms with Crippen LogP contribution in [0.1, 0.15) is 25.1 Å². The quantitative estimate of drug-likeness (QED) is 0.660. The summed E-state index contributed by atoms with van der Waals surface area (Å²) < 4.78 is 5.92. The van der Waals surface area contributed by atoms with Crippen molar-refractivity contribution < 1.29 is 4.74 Å². The highest BCUT2D eigenvalue weighted by Crippen LogP contribution is 2.37. The van der Waals surface area contributed by atoms with Crippen LogP contribution in [0.5, 0.6) is 0 Å². The van der Waals surface area contributed by atoms with Crippen LogP contribution < -0.4 is 5.32 Å². The Morgan fingerprint density at radius 2 is 1.54 bits per heavy atom. The molecule has 0 saturated heterocycles. The zero-order valence-electron chi connectivity index (χ0n) is 14.8. The van der Waals surface area contributed by atoms with Crippen LogP contribution >= 0.6 is 0 Å². The monoisotopic (exact) mass is 343 g/mol. The van der Waals surface area contributed by atoms with E-state index in [0.717, 1.165) is 47.0 Å². The fraction of sp³-hybridized carbons (Fsp3) is 0.182. The van der Waals surface area contributed by atoms with E-state index < -0.39 is 0 Å². The van der Waals surface area contributed by atoms with Crippen LogP contribution in [0.2, 0.25) is 0 Å². The predicted octanol–water partition coefficient (Wildman–Crippen LogP) is 5.22. The summed E-state index contributed by atoms with van der Waals surface area (Å²) in [6.45, 7) is 6.55. The molecular weight excluding hydrogens is 322 g/mol. The molecule has 4 heteroatoms. The van der Waals surface area contributed by atoms with Gasteiger partial charge in [-0.15, -0.1) is 0 Å². The number of benzene rings is 2. The maximum Gasteiger partial charge on any atom is 0.152 e. The molecule has 130 valence electrons. The molecule has 0 amide bonds. The largest absolute Gasteiger partial charge is 0.489 e. The van der Waals surface area contributed by atoms with Crippen LogP contribution in [0.25, 0.3) is 22.5 Å². The maximum absolute atomic E-state index is 5.92. The third-order valence-electron chi connectivity index (χ3n) is 4.36. The Bertz CT molecular complexity index is 923. The van der Waals surface area contributed by atoms with Crippen molar-refractivity contribution in [3.63, 3.8) is 0 Å². The first-order valence-corrected chi connectivity index (χ1v) is 8.81. The minimum Gasteiger partial charge on any atom is -0.489 e. The lowest BCUT2D eigenvalue weighted by Crippen LogP contribution is -2.22. The summed E-state index contributed by atoms with van der Waals surface area (Å²) >= 11 is 0. The van der Waals surface area contributed by atoms with Crippen molar-refractivity contribution in [1.29, 1.82) is 0 Å². The minimum absolute atomic E-state index is 0.122. The lowest BCUT2D eigenvalue weighted by atomic mass is 10.0. The van der Waals surface area contributed by atoms with Crippen molar-refractivity contribution in [2.45, 2.75) is 19.4 Å². The van der Waals surface area contributed by atoms with Gasteiger partial charge in [-0.2, -0.15) is 0 Å². The summed E-state index contributed by atoms with van der Waals surface area (Å²) in [6.07, 6.45) is 0.719. The summed E-state index contributed by atoms with van der Waals surface area (Å²) in [5.41, 5.74) is 4.68. The van der Waals surface area contributed by atoms with Gasteiger partial charge in [0.2, 0.25) is 0 Å². The van der Waals surface area contributed by atoms with Gasteiger partial charge >= 0.3 is 0 Å². The number of hydrogen-bond donors (Lipinski definition) is 1. The summed E-state index contributed by atoms with van der Waals surface area (Å²) in [4.78, 5) is 9.94. The smallest absolute Gasteiger partial charge is 0.152 e. The number of aromatic nitrogens is 2. The molecule has 1 atom stereocenters. The molecule has 1 aromatic heterocycles. The van der Waals surface area contributed by atoms with Crippen molar-refractivity contribution in [2.75, 3.05) is 11.9 Å². The minimum atomic E-state index is -0.122. The zero-order valence-corrected chi connectivity index (χ0v) is 14.8. The number of anilines is 1. The molecule has 26 heavy (non-hydrogen) atoms. The van der Waals surface area contributed by atoms with Gasteiger partial charge in [0.1, 0.15) is 11.8 Å². The van der Waals surface area contributed by atoms with E-state index in [2.05, 4.69) is 36.2 Å². The Morgan fingerprint density at radius 1 is 0.962 bits per heavy atom. The van der Waals surface area contributed by atoms with Crippen molar-refractivity contribution >= 4 is 5.82 Å². The molecule has 0 bridgehead atoms. The molecule has 4 rings (SSSR count).